The SMILES string of the molecule is COC(=O)CCN(CCC=O)CCN(CCC(=O)OC)CCC(=O)OC. The Morgan fingerprint density at radius 2 is 1.00 bits per heavy atom. The van der Waals surface area contributed by atoms with Gasteiger partial charge in [-0.3, -0.25) is 14.4 Å². The molecule has 0 bridgehead atoms. The molecule has 26 heavy (non-hydrogen) atoms. The lowest BCUT2D eigenvalue weighted by molar-refractivity contribution is -0.142. The number of hydrogen-bond donors (Lipinski definition) is 0. The van der Waals surface area contributed by atoms with Gasteiger partial charge in [0.2, 0.25) is 0 Å². The number of carbonyl (C=O) groups excluding carboxylic acids is 4. The maximum atomic E-state index is 11.4. The van der Waals surface area contributed by atoms with Crippen LogP contribution in [0.1, 0.15) is 25.7 Å². The lowest BCUT2D eigenvalue weighted by Gasteiger charge is -2.26. The summed E-state index contributed by atoms with van der Waals surface area (Å²) in [4.78, 5) is 48.6. The van der Waals surface area contributed by atoms with Gasteiger partial charge in [-0.25, -0.2) is 0 Å². The average Bonchev–Trinajstić information content (AvgIpc) is 2.67. The van der Waals surface area contributed by atoms with Gasteiger partial charge in [-0.2, -0.15) is 0 Å². The number of ether oxygens (including phenoxy) is 3. The van der Waals surface area contributed by atoms with Gasteiger partial charge in [0.25, 0.3) is 0 Å². The Kier molecular flexibility index (Phi) is 14.1. The Balaban J connectivity index is 4.60. The van der Waals surface area contributed by atoms with Gasteiger partial charge in [0.05, 0.1) is 40.6 Å². The standard InChI is InChI=1S/C17H30N2O7/c1-24-15(21)5-9-18(8-4-14-20)12-13-19(10-6-16(22)25-2)11-7-17(23)26-3/h14H,4-13H2,1-3H3. The molecule has 9 heteroatoms. The lowest BCUT2D eigenvalue weighted by Crippen LogP contribution is -2.38. The Morgan fingerprint density at radius 3 is 1.31 bits per heavy atom. The molecule has 0 fully saturated rings. The fourth-order valence-corrected chi connectivity index (χ4v) is 2.24. The second kappa shape index (κ2) is 15.3. The second-order valence-electron chi connectivity index (χ2n) is 5.62. The molecule has 0 aliphatic heterocycles. The van der Waals surface area contributed by atoms with Gasteiger partial charge in [0.15, 0.2) is 0 Å². The summed E-state index contributed by atoms with van der Waals surface area (Å²) in [6.07, 6.45) is 1.87. The van der Waals surface area contributed by atoms with Crippen LogP contribution >= 0.6 is 0 Å². The first-order valence-corrected chi connectivity index (χ1v) is 8.55. The van der Waals surface area contributed by atoms with Gasteiger partial charge in [0, 0.05) is 45.7 Å². The molecule has 0 aliphatic carbocycles. The Hall–Kier alpha value is -2.00. The van der Waals surface area contributed by atoms with Crippen LogP contribution < -0.4 is 0 Å². The molecule has 0 aromatic carbocycles. The van der Waals surface area contributed by atoms with Crippen LogP contribution in [0.2, 0.25) is 0 Å². The van der Waals surface area contributed by atoms with Crippen molar-refractivity contribution in [2.75, 3.05) is 60.6 Å². The van der Waals surface area contributed by atoms with Gasteiger partial charge >= 0.3 is 17.9 Å². The molecule has 0 heterocycles. The lowest BCUT2D eigenvalue weighted by atomic mass is 10.3. The zero-order valence-corrected chi connectivity index (χ0v) is 15.9. The predicted molar refractivity (Wildman–Crippen MR) is 93.5 cm³/mol. The molecule has 0 saturated heterocycles. The first-order valence-electron chi connectivity index (χ1n) is 8.55. The summed E-state index contributed by atoms with van der Waals surface area (Å²) in [5.74, 6) is -0.956. The summed E-state index contributed by atoms with van der Waals surface area (Å²) in [6.45, 7) is 3.07. The van der Waals surface area contributed by atoms with Crippen LogP contribution in [-0.4, -0.2) is 94.6 Å². The van der Waals surface area contributed by atoms with Crippen molar-refractivity contribution in [3.63, 3.8) is 0 Å². The third-order valence-electron chi connectivity index (χ3n) is 3.88. The van der Waals surface area contributed by atoms with E-state index in [-0.39, 0.29) is 37.2 Å². The predicted octanol–water partition coefficient (Wildman–Crippen LogP) is -0.131. The van der Waals surface area contributed by atoms with E-state index >= 15 is 0 Å². The number of methoxy groups -OCH3 is 3. The highest BCUT2D eigenvalue weighted by Gasteiger charge is 2.14. The van der Waals surface area contributed by atoms with E-state index in [1.165, 1.54) is 21.3 Å². The van der Waals surface area contributed by atoms with Crippen molar-refractivity contribution < 1.29 is 33.4 Å². The van der Waals surface area contributed by atoms with Gasteiger partial charge < -0.3 is 28.8 Å². The van der Waals surface area contributed by atoms with E-state index in [2.05, 4.69) is 14.2 Å². The molecule has 0 amide bonds. The number of hydrogen-bond acceptors (Lipinski definition) is 9. The third kappa shape index (κ3) is 12.4. The van der Waals surface area contributed by atoms with Crippen LogP contribution in [0.15, 0.2) is 0 Å². The van der Waals surface area contributed by atoms with E-state index in [0.717, 1.165) is 6.29 Å². The smallest absolute Gasteiger partial charge is 0.306 e. The molecular weight excluding hydrogens is 344 g/mol. The fourth-order valence-electron chi connectivity index (χ4n) is 2.24. The molecule has 0 saturated carbocycles. The van der Waals surface area contributed by atoms with E-state index in [1.54, 1.807) is 0 Å². The van der Waals surface area contributed by atoms with Crippen LogP contribution in [0.25, 0.3) is 0 Å². The summed E-state index contributed by atoms with van der Waals surface area (Å²) < 4.78 is 13.9. The summed E-state index contributed by atoms with van der Waals surface area (Å²) in [7, 11) is 3.99. The minimum Gasteiger partial charge on any atom is -0.469 e. The van der Waals surface area contributed by atoms with Crippen molar-refractivity contribution in [3.05, 3.63) is 0 Å². The highest BCUT2D eigenvalue weighted by Crippen LogP contribution is 2.01. The van der Waals surface area contributed by atoms with E-state index in [1.807, 2.05) is 9.80 Å². The van der Waals surface area contributed by atoms with Crippen LogP contribution in [0.5, 0.6) is 0 Å². The minimum absolute atomic E-state index is 0.216. The van der Waals surface area contributed by atoms with Crippen LogP contribution in [-0.2, 0) is 33.4 Å². The minimum atomic E-state index is -0.323. The third-order valence-corrected chi connectivity index (χ3v) is 3.88. The molecule has 0 unspecified atom stereocenters. The van der Waals surface area contributed by atoms with Crippen molar-refractivity contribution >= 4 is 24.2 Å². The Morgan fingerprint density at radius 1 is 0.654 bits per heavy atom. The van der Waals surface area contributed by atoms with E-state index in [4.69, 9.17) is 0 Å². The maximum Gasteiger partial charge on any atom is 0.306 e. The van der Waals surface area contributed by atoms with Crippen molar-refractivity contribution in [2.45, 2.75) is 25.7 Å². The van der Waals surface area contributed by atoms with E-state index in [9.17, 15) is 19.2 Å². The summed E-state index contributed by atoms with van der Waals surface area (Å²) in [5.41, 5.74) is 0. The molecule has 0 aliphatic rings. The van der Waals surface area contributed by atoms with Gasteiger partial charge in [-0.15, -0.1) is 0 Å². The number of nitrogens with zero attached hydrogens (tertiary/aromatic N) is 2. The molecule has 9 nitrogen and oxygen atoms in total. The molecule has 0 rings (SSSR count). The summed E-state index contributed by atoms with van der Waals surface area (Å²) in [6, 6.07) is 0. The normalized spacial score (nSPS) is 10.7. The molecular formula is C17H30N2O7. The van der Waals surface area contributed by atoms with Gasteiger partial charge in [-0.1, -0.05) is 0 Å². The van der Waals surface area contributed by atoms with Crippen LogP contribution in [0, 0.1) is 0 Å². The topological polar surface area (TPSA) is 102 Å². The number of carbonyl (C=O) groups is 4. The van der Waals surface area contributed by atoms with Crippen molar-refractivity contribution in [2.24, 2.45) is 0 Å². The Bertz CT molecular complexity index is 423. The van der Waals surface area contributed by atoms with Crippen LogP contribution in [0.4, 0.5) is 0 Å². The molecule has 0 radical (unpaired) electrons. The fraction of sp³-hybridized carbons (Fsp3) is 0.765. The monoisotopic (exact) mass is 374 g/mol. The average molecular weight is 374 g/mol. The summed E-state index contributed by atoms with van der Waals surface area (Å²) in [5, 5.41) is 0. The molecule has 0 atom stereocenters. The zero-order chi connectivity index (χ0) is 19.8. The van der Waals surface area contributed by atoms with E-state index < -0.39 is 0 Å². The first kappa shape index (κ1) is 24.0. The largest absolute Gasteiger partial charge is 0.469 e. The van der Waals surface area contributed by atoms with Gasteiger partial charge in [-0.05, 0) is 0 Å². The summed E-state index contributed by atoms with van der Waals surface area (Å²) >= 11 is 0. The highest BCUT2D eigenvalue weighted by molar-refractivity contribution is 5.70. The van der Waals surface area contributed by atoms with Crippen molar-refractivity contribution in [1.82, 2.24) is 9.80 Å². The molecule has 0 N–H and O–H groups in total. The number of aldehydes is 1. The maximum absolute atomic E-state index is 11.4. The molecule has 0 spiro atoms. The highest BCUT2D eigenvalue weighted by atomic mass is 16.5. The second-order valence-corrected chi connectivity index (χ2v) is 5.62. The van der Waals surface area contributed by atoms with Crippen molar-refractivity contribution in [3.8, 4) is 0 Å². The molecule has 0 aromatic heterocycles. The van der Waals surface area contributed by atoms with E-state index in [0.29, 0.717) is 45.7 Å². The zero-order valence-electron chi connectivity index (χ0n) is 15.9. The van der Waals surface area contributed by atoms with Crippen LogP contribution in [0.3, 0.4) is 0 Å². The van der Waals surface area contributed by atoms with Crippen molar-refractivity contribution in [1.29, 1.82) is 0 Å². The first-order chi connectivity index (χ1) is 12.5. The number of rotatable bonds is 15. The quantitative estimate of drug-likeness (QED) is 0.220. The Labute approximate surface area is 154 Å². The molecule has 0 aromatic rings. The number of esters is 3. The molecule has 150 valence electrons. The van der Waals surface area contributed by atoms with Gasteiger partial charge in [0.1, 0.15) is 6.29 Å².